The number of carboxylic acids is 1. The maximum atomic E-state index is 12.5. The molecule has 6 rings (SSSR count). The third-order valence-corrected chi connectivity index (χ3v) is 6.88. The Labute approximate surface area is 208 Å². The van der Waals surface area contributed by atoms with Gasteiger partial charge in [-0.25, -0.2) is 4.99 Å². The standard InChI is InChI=1S/C28H26N4O4/c1-35-24-12-6-8-18-20(17-29-25(18)24)26(28(33)34)31-13-15-32(16-14-31)27-19-7-2-4-10-22(19)36-23-11-5-3-9-21(23)30-27/h2-12,17,26,29H,13-16H2,1H3,(H,33,34)/t26-/m0/s1. The second-order valence-electron chi connectivity index (χ2n) is 8.89. The van der Waals surface area contributed by atoms with Crippen molar-refractivity contribution < 1.29 is 19.4 Å². The van der Waals surface area contributed by atoms with Crippen molar-refractivity contribution in [2.45, 2.75) is 6.04 Å². The zero-order valence-electron chi connectivity index (χ0n) is 19.8. The highest BCUT2D eigenvalue weighted by Crippen LogP contribution is 2.38. The number of methoxy groups -OCH3 is 1. The monoisotopic (exact) mass is 482 g/mol. The molecule has 0 saturated carbocycles. The number of ether oxygens (including phenoxy) is 2. The Morgan fingerprint density at radius 2 is 1.75 bits per heavy atom. The fourth-order valence-electron chi connectivity index (χ4n) is 5.13. The molecule has 2 aliphatic heterocycles. The summed E-state index contributed by atoms with van der Waals surface area (Å²) >= 11 is 0. The van der Waals surface area contributed by atoms with Crippen molar-refractivity contribution in [3.8, 4) is 17.2 Å². The normalized spacial score (nSPS) is 16.4. The van der Waals surface area contributed by atoms with E-state index in [9.17, 15) is 9.90 Å². The number of hydrogen-bond acceptors (Lipinski definition) is 6. The molecule has 1 aromatic heterocycles. The first kappa shape index (κ1) is 22.2. The van der Waals surface area contributed by atoms with Gasteiger partial charge in [0.15, 0.2) is 5.75 Å². The molecule has 1 atom stereocenters. The van der Waals surface area contributed by atoms with Crippen LogP contribution in [0.25, 0.3) is 10.9 Å². The van der Waals surface area contributed by atoms with Crippen molar-refractivity contribution in [1.29, 1.82) is 0 Å². The lowest BCUT2D eigenvalue weighted by molar-refractivity contribution is -0.144. The molecule has 1 fully saturated rings. The van der Waals surface area contributed by atoms with Gasteiger partial charge in [-0.3, -0.25) is 9.69 Å². The Balaban J connectivity index is 1.29. The molecule has 0 bridgehead atoms. The maximum absolute atomic E-state index is 12.5. The van der Waals surface area contributed by atoms with Gasteiger partial charge in [-0.1, -0.05) is 36.4 Å². The lowest BCUT2D eigenvalue weighted by atomic mass is 10.0. The van der Waals surface area contributed by atoms with E-state index in [4.69, 9.17) is 14.5 Å². The predicted octanol–water partition coefficient (Wildman–Crippen LogP) is 4.80. The van der Waals surface area contributed by atoms with Gasteiger partial charge >= 0.3 is 5.97 Å². The van der Waals surface area contributed by atoms with E-state index in [0.29, 0.717) is 31.9 Å². The van der Waals surface area contributed by atoms with Gasteiger partial charge in [0.2, 0.25) is 0 Å². The molecule has 2 aliphatic rings. The van der Waals surface area contributed by atoms with E-state index in [1.54, 1.807) is 13.3 Å². The average molecular weight is 483 g/mol. The van der Waals surface area contributed by atoms with Gasteiger partial charge in [-0.05, 0) is 30.3 Å². The second kappa shape index (κ2) is 9.05. The highest BCUT2D eigenvalue weighted by Gasteiger charge is 2.34. The number of amidine groups is 1. The molecule has 0 spiro atoms. The molecule has 3 heterocycles. The minimum absolute atomic E-state index is 0.581. The van der Waals surface area contributed by atoms with Crippen LogP contribution in [0, 0.1) is 0 Å². The number of fused-ring (bicyclic) bond motifs is 3. The largest absolute Gasteiger partial charge is 0.495 e. The molecule has 0 radical (unpaired) electrons. The van der Waals surface area contributed by atoms with E-state index in [2.05, 4.69) is 9.88 Å². The first-order chi connectivity index (χ1) is 17.6. The summed E-state index contributed by atoms with van der Waals surface area (Å²) in [6.07, 6.45) is 1.79. The number of nitrogens with one attached hydrogen (secondary N) is 1. The molecule has 1 saturated heterocycles. The number of hydrogen-bond donors (Lipinski definition) is 2. The number of aliphatic imine (C=N–C) groups is 1. The fourth-order valence-corrected chi connectivity index (χ4v) is 5.13. The summed E-state index contributed by atoms with van der Waals surface area (Å²) in [5.41, 5.74) is 3.26. The number of nitrogens with zero attached hydrogens (tertiary/aromatic N) is 3. The molecule has 3 aromatic carbocycles. The molecule has 0 unspecified atom stereocenters. The number of H-pyrrole nitrogens is 1. The Morgan fingerprint density at radius 1 is 1.00 bits per heavy atom. The third-order valence-electron chi connectivity index (χ3n) is 6.88. The molecule has 4 aromatic rings. The SMILES string of the molecule is COc1cccc2c([C@@H](C(=O)O)N3CCN(C4=Nc5ccccc5Oc5ccccc54)CC3)c[nH]c12. The number of carboxylic acid groups (broad SMARTS) is 1. The van der Waals surface area contributed by atoms with Crippen LogP contribution in [0.2, 0.25) is 0 Å². The van der Waals surface area contributed by atoms with Gasteiger partial charge in [-0.15, -0.1) is 0 Å². The maximum Gasteiger partial charge on any atom is 0.325 e. The minimum Gasteiger partial charge on any atom is -0.495 e. The van der Waals surface area contributed by atoms with E-state index >= 15 is 0 Å². The van der Waals surface area contributed by atoms with Crippen molar-refractivity contribution in [2.75, 3.05) is 33.3 Å². The van der Waals surface area contributed by atoms with Gasteiger partial charge in [-0.2, -0.15) is 0 Å². The van der Waals surface area contributed by atoms with Crippen molar-refractivity contribution in [3.63, 3.8) is 0 Å². The van der Waals surface area contributed by atoms with Gasteiger partial charge in [0.25, 0.3) is 0 Å². The highest BCUT2D eigenvalue weighted by atomic mass is 16.5. The van der Waals surface area contributed by atoms with Crippen LogP contribution in [0.15, 0.2) is 77.9 Å². The molecule has 0 aliphatic carbocycles. The van der Waals surface area contributed by atoms with Crippen LogP contribution in [0.1, 0.15) is 17.2 Å². The number of aliphatic carboxylic acids is 1. The number of rotatable bonds is 4. The molecular formula is C28H26N4O4. The van der Waals surface area contributed by atoms with Crippen molar-refractivity contribution in [2.24, 2.45) is 4.99 Å². The molecule has 8 heteroatoms. The lowest BCUT2D eigenvalue weighted by Crippen LogP contribution is -2.51. The molecule has 182 valence electrons. The Kier molecular flexibility index (Phi) is 5.58. The number of piperazine rings is 1. The summed E-state index contributed by atoms with van der Waals surface area (Å²) in [6, 6.07) is 20.6. The van der Waals surface area contributed by atoms with E-state index < -0.39 is 12.0 Å². The summed E-state index contributed by atoms with van der Waals surface area (Å²) in [5.74, 6) is 2.16. The van der Waals surface area contributed by atoms with Crippen LogP contribution >= 0.6 is 0 Å². The first-order valence-electron chi connectivity index (χ1n) is 11.9. The summed E-state index contributed by atoms with van der Waals surface area (Å²) in [4.78, 5) is 24.9. The Bertz CT molecular complexity index is 1470. The van der Waals surface area contributed by atoms with Gasteiger partial charge in [0, 0.05) is 43.3 Å². The number of benzene rings is 3. The van der Waals surface area contributed by atoms with Crippen LogP contribution in [-0.4, -0.2) is 65.0 Å². The smallest absolute Gasteiger partial charge is 0.325 e. The van der Waals surface area contributed by atoms with E-state index in [-0.39, 0.29) is 0 Å². The molecule has 2 N–H and O–H groups in total. The van der Waals surface area contributed by atoms with E-state index in [0.717, 1.165) is 45.1 Å². The van der Waals surface area contributed by atoms with Crippen LogP contribution in [-0.2, 0) is 4.79 Å². The zero-order valence-corrected chi connectivity index (χ0v) is 19.8. The van der Waals surface area contributed by atoms with Crippen LogP contribution < -0.4 is 9.47 Å². The van der Waals surface area contributed by atoms with Crippen molar-refractivity contribution in [1.82, 2.24) is 14.8 Å². The van der Waals surface area contributed by atoms with E-state index in [1.807, 2.05) is 71.6 Å². The van der Waals surface area contributed by atoms with Crippen LogP contribution in [0.5, 0.6) is 17.2 Å². The molecule has 36 heavy (non-hydrogen) atoms. The number of carbonyl (C=O) groups is 1. The summed E-state index contributed by atoms with van der Waals surface area (Å²) in [6.45, 7) is 2.45. The average Bonchev–Trinajstić information content (AvgIpc) is 3.24. The number of aromatic amines is 1. The second-order valence-corrected chi connectivity index (χ2v) is 8.89. The van der Waals surface area contributed by atoms with Gasteiger partial charge in [0.1, 0.15) is 29.1 Å². The topological polar surface area (TPSA) is 90.4 Å². The third kappa shape index (κ3) is 3.76. The first-order valence-corrected chi connectivity index (χ1v) is 11.9. The minimum atomic E-state index is -0.869. The predicted molar refractivity (Wildman–Crippen MR) is 138 cm³/mol. The lowest BCUT2D eigenvalue weighted by Gasteiger charge is -2.39. The van der Waals surface area contributed by atoms with Crippen molar-refractivity contribution in [3.05, 3.63) is 84.1 Å². The van der Waals surface area contributed by atoms with Gasteiger partial charge < -0.3 is 24.5 Å². The molecule has 8 nitrogen and oxygen atoms in total. The summed E-state index contributed by atoms with van der Waals surface area (Å²) < 4.78 is 11.6. The summed E-state index contributed by atoms with van der Waals surface area (Å²) in [5, 5.41) is 11.1. The van der Waals surface area contributed by atoms with Crippen molar-refractivity contribution >= 4 is 28.4 Å². The fraction of sp³-hybridized carbons (Fsp3) is 0.214. The quantitative estimate of drug-likeness (QED) is 0.434. The van der Waals surface area contributed by atoms with Crippen LogP contribution in [0.3, 0.4) is 0 Å². The molecular weight excluding hydrogens is 456 g/mol. The Hall–Kier alpha value is -4.30. The summed E-state index contributed by atoms with van der Waals surface area (Å²) in [7, 11) is 1.61. The Morgan fingerprint density at radius 3 is 2.53 bits per heavy atom. The highest BCUT2D eigenvalue weighted by molar-refractivity contribution is 6.03. The number of para-hydroxylation sites is 4. The molecule has 0 amide bonds. The van der Waals surface area contributed by atoms with Gasteiger partial charge in [0.05, 0.1) is 18.2 Å². The number of aromatic nitrogens is 1. The van der Waals surface area contributed by atoms with Crippen LogP contribution in [0.4, 0.5) is 5.69 Å². The zero-order chi connectivity index (χ0) is 24.6. The van der Waals surface area contributed by atoms with E-state index in [1.165, 1.54) is 0 Å².